The quantitative estimate of drug-likeness (QED) is 0.748. The summed E-state index contributed by atoms with van der Waals surface area (Å²) in [7, 11) is 0. The molecule has 0 heterocycles. The Bertz CT molecular complexity index is 276. The summed E-state index contributed by atoms with van der Waals surface area (Å²) in [6.45, 7) is 2.66. The highest BCUT2D eigenvalue weighted by atomic mass is 16.5. The summed E-state index contributed by atoms with van der Waals surface area (Å²) in [6.07, 6.45) is 0.961. The summed E-state index contributed by atoms with van der Waals surface area (Å²) in [4.78, 5) is 0. The van der Waals surface area contributed by atoms with Crippen LogP contribution in [0, 0.1) is 0 Å². The van der Waals surface area contributed by atoms with Crippen molar-refractivity contribution in [3.63, 3.8) is 0 Å². The monoisotopic (exact) mass is 195 g/mol. The van der Waals surface area contributed by atoms with E-state index in [0.717, 1.165) is 17.7 Å². The molecule has 1 atom stereocenters. The first kappa shape index (κ1) is 11.0. The highest BCUT2D eigenvalue weighted by molar-refractivity contribution is 5.35. The number of ether oxygens (including phenoxy) is 1. The zero-order valence-corrected chi connectivity index (χ0v) is 8.44. The standard InChI is InChI=1S/C11H17NO2/c1-2-7-14-11-6-4-3-5-9(11)10(12)8-13/h3-6,10,13H,2,7-8,12H2,1H3/t10-/m1/s1. The summed E-state index contributed by atoms with van der Waals surface area (Å²) >= 11 is 0. The van der Waals surface area contributed by atoms with Crippen LogP contribution in [0.2, 0.25) is 0 Å². The van der Waals surface area contributed by atoms with E-state index < -0.39 is 0 Å². The van der Waals surface area contributed by atoms with Gasteiger partial charge in [-0.25, -0.2) is 0 Å². The van der Waals surface area contributed by atoms with Crippen LogP contribution in [0.25, 0.3) is 0 Å². The van der Waals surface area contributed by atoms with Crippen LogP contribution in [0.5, 0.6) is 5.75 Å². The Balaban J connectivity index is 2.79. The van der Waals surface area contributed by atoms with Gasteiger partial charge in [-0.05, 0) is 12.5 Å². The number of aliphatic hydroxyl groups excluding tert-OH is 1. The topological polar surface area (TPSA) is 55.5 Å². The van der Waals surface area contributed by atoms with Crippen molar-refractivity contribution in [1.82, 2.24) is 0 Å². The van der Waals surface area contributed by atoms with E-state index in [1.807, 2.05) is 24.3 Å². The van der Waals surface area contributed by atoms with Crippen LogP contribution < -0.4 is 10.5 Å². The van der Waals surface area contributed by atoms with Crippen LogP contribution >= 0.6 is 0 Å². The fraction of sp³-hybridized carbons (Fsp3) is 0.455. The lowest BCUT2D eigenvalue weighted by molar-refractivity contribution is 0.259. The zero-order chi connectivity index (χ0) is 10.4. The third kappa shape index (κ3) is 2.72. The molecule has 1 aromatic carbocycles. The van der Waals surface area contributed by atoms with Crippen LogP contribution in [0.1, 0.15) is 24.9 Å². The molecule has 1 aromatic rings. The molecule has 0 aliphatic carbocycles. The lowest BCUT2D eigenvalue weighted by atomic mass is 10.1. The van der Waals surface area contributed by atoms with E-state index in [4.69, 9.17) is 15.6 Å². The Kier molecular flexibility index (Phi) is 4.43. The maximum absolute atomic E-state index is 8.96. The molecular formula is C11H17NO2. The third-order valence-electron chi connectivity index (χ3n) is 1.98. The van der Waals surface area contributed by atoms with Gasteiger partial charge in [0.2, 0.25) is 0 Å². The highest BCUT2D eigenvalue weighted by Crippen LogP contribution is 2.23. The van der Waals surface area contributed by atoms with E-state index in [2.05, 4.69) is 6.92 Å². The molecule has 78 valence electrons. The van der Waals surface area contributed by atoms with Crippen molar-refractivity contribution in [1.29, 1.82) is 0 Å². The van der Waals surface area contributed by atoms with Gasteiger partial charge in [-0.2, -0.15) is 0 Å². The van der Waals surface area contributed by atoms with Crippen molar-refractivity contribution >= 4 is 0 Å². The van der Waals surface area contributed by atoms with E-state index >= 15 is 0 Å². The molecule has 0 saturated heterocycles. The Morgan fingerprint density at radius 2 is 2.14 bits per heavy atom. The van der Waals surface area contributed by atoms with Gasteiger partial charge in [0.05, 0.1) is 19.3 Å². The van der Waals surface area contributed by atoms with Crippen LogP contribution in [0.3, 0.4) is 0 Å². The molecule has 0 fully saturated rings. The first-order valence-corrected chi connectivity index (χ1v) is 4.87. The molecule has 0 saturated carbocycles. The average Bonchev–Trinajstić information content (AvgIpc) is 2.25. The average molecular weight is 195 g/mol. The fourth-order valence-corrected chi connectivity index (χ4v) is 1.23. The minimum absolute atomic E-state index is 0.0630. The molecule has 3 nitrogen and oxygen atoms in total. The lowest BCUT2D eigenvalue weighted by Crippen LogP contribution is -2.15. The number of hydrogen-bond acceptors (Lipinski definition) is 3. The van der Waals surface area contributed by atoms with Gasteiger partial charge in [-0.3, -0.25) is 0 Å². The largest absolute Gasteiger partial charge is 0.493 e. The van der Waals surface area contributed by atoms with Gasteiger partial charge in [-0.1, -0.05) is 25.1 Å². The minimum Gasteiger partial charge on any atom is -0.493 e. The van der Waals surface area contributed by atoms with Gasteiger partial charge in [0.15, 0.2) is 0 Å². The van der Waals surface area contributed by atoms with Crippen LogP contribution in [0.15, 0.2) is 24.3 Å². The van der Waals surface area contributed by atoms with Crippen LogP contribution in [0.4, 0.5) is 0 Å². The Hall–Kier alpha value is -1.06. The fourth-order valence-electron chi connectivity index (χ4n) is 1.23. The van der Waals surface area contributed by atoms with Crippen molar-refractivity contribution < 1.29 is 9.84 Å². The number of benzene rings is 1. The van der Waals surface area contributed by atoms with E-state index in [9.17, 15) is 0 Å². The molecule has 0 aromatic heterocycles. The lowest BCUT2D eigenvalue weighted by Gasteiger charge is -2.14. The van der Waals surface area contributed by atoms with Gasteiger partial charge in [0.1, 0.15) is 5.75 Å². The maximum Gasteiger partial charge on any atom is 0.124 e. The van der Waals surface area contributed by atoms with Crippen LogP contribution in [-0.2, 0) is 0 Å². The number of nitrogens with two attached hydrogens (primary N) is 1. The normalized spacial score (nSPS) is 12.5. The predicted octanol–water partition coefficient (Wildman–Crippen LogP) is 1.47. The molecule has 0 aliphatic rings. The number of rotatable bonds is 5. The second kappa shape index (κ2) is 5.62. The highest BCUT2D eigenvalue weighted by Gasteiger charge is 2.09. The summed E-state index contributed by atoms with van der Waals surface area (Å²) in [5, 5.41) is 8.96. The predicted molar refractivity (Wildman–Crippen MR) is 56.2 cm³/mol. The Labute approximate surface area is 84.5 Å². The van der Waals surface area contributed by atoms with Crippen molar-refractivity contribution in [3.8, 4) is 5.75 Å². The minimum atomic E-state index is -0.358. The summed E-state index contributed by atoms with van der Waals surface area (Å²) < 4.78 is 5.52. The molecule has 0 amide bonds. The second-order valence-electron chi connectivity index (χ2n) is 3.18. The van der Waals surface area contributed by atoms with E-state index in [1.54, 1.807) is 0 Å². The SMILES string of the molecule is CCCOc1ccccc1[C@H](N)CO. The maximum atomic E-state index is 8.96. The van der Waals surface area contributed by atoms with Gasteiger partial charge in [0.25, 0.3) is 0 Å². The van der Waals surface area contributed by atoms with Crippen molar-refractivity contribution in [2.75, 3.05) is 13.2 Å². The number of aliphatic hydroxyl groups is 1. The molecule has 0 spiro atoms. The molecule has 3 heteroatoms. The molecule has 0 bridgehead atoms. The number of hydrogen-bond donors (Lipinski definition) is 2. The van der Waals surface area contributed by atoms with Gasteiger partial charge in [0, 0.05) is 5.56 Å². The molecule has 14 heavy (non-hydrogen) atoms. The molecule has 1 rings (SSSR count). The molecular weight excluding hydrogens is 178 g/mol. The summed E-state index contributed by atoms with van der Waals surface area (Å²) in [5.41, 5.74) is 6.60. The van der Waals surface area contributed by atoms with E-state index in [-0.39, 0.29) is 12.6 Å². The van der Waals surface area contributed by atoms with Crippen LogP contribution in [-0.4, -0.2) is 18.3 Å². The zero-order valence-electron chi connectivity index (χ0n) is 8.44. The molecule has 0 aliphatic heterocycles. The number of para-hydroxylation sites is 1. The Morgan fingerprint density at radius 1 is 1.43 bits per heavy atom. The van der Waals surface area contributed by atoms with Crippen molar-refractivity contribution in [3.05, 3.63) is 29.8 Å². The van der Waals surface area contributed by atoms with Gasteiger partial charge in [-0.15, -0.1) is 0 Å². The van der Waals surface area contributed by atoms with Crippen molar-refractivity contribution in [2.45, 2.75) is 19.4 Å². The van der Waals surface area contributed by atoms with E-state index in [0.29, 0.717) is 6.61 Å². The Morgan fingerprint density at radius 3 is 2.79 bits per heavy atom. The van der Waals surface area contributed by atoms with E-state index in [1.165, 1.54) is 0 Å². The summed E-state index contributed by atoms with van der Waals surface area (Å²) in [5.74, 6) is 0.774. The molecule has 0 radical (unpaired) electrons. The molecule has 0 unspecified atom stereocenters. The first-order valence-electron chi connectivity index (χ1n) is 4.87. The second-order valence-corrected chi connectivity index (χ2v) is 3.18. The smallest absolute Gasteiger partial charge is 0.124 e. The van der Waals surface area contributed by atoms with Crippen molar-refractivity contribution in [2.24, 2.45) is 5.73 Å². The summed E-state index contributed by atoms with van der Waals surface area (Å²) in [6, 6.07) is 7.19. The molecule has 3 N–H and O–H groups in total. The first-order chi connectivity index (χ1) is 6.79. The van der Waals surface area contributed by atoms with Gasteiger partial charge >= 0.3 is 0 Å². The third-order valence-corrected chi connectivity index (χ3v) is 1.98. The van der Waals surface area contributed by atoms with Gasteiger partial charge < -0.3 is 15.6 Å².